The van der Waals surface area contributed by atoms with Crippen LogP contribution in [0.2, 0.25) is 5.02 Å². The number of aliphatic hydroxyl groups is 1. The number of nitrogens with zero attached hydrogens (tertiary/aromatic N) is 1. The van der Waals surface area contributed by atoms with Gasteiger partial charge in [0.05, 0.1) is 6.07 Å². The van der Waals surface area contributed by atoms with Crippen molar-refractivity contribution in [3.63, 3.8) is 0 Å². The van der Waals surface area contributed by atoms with E-state index in [0.29, 0.717) is 11.4 Å². The van der Waals surface area contributed by atoms with Crippen molar-refractivity contribution < 1.29 is 5.11 Å². The Kier molecular flexibility index (Phi) is 3.49. The van der Waals surface area contributed by atoms with E-state index in [2.05, 4.69) is 6.07 Å². The van der Waals surface area contributed by atoms with Crippen molar-refractivity contribution in [3.8, 4) is 6.07 Å². The molecule has 1 N–H and O–H groups in total. The fourth-order valence-electron chi connectivity index (χ4n) is 3.31. The van der Waals surface area contributed by atoms with Gasteiger partial charge in [0, 0.05) is 5.02 Å². The molecule has 0 heterocycles. The second-order valence-corrected chi connectivity index (χ2v) is 6.08. The third-order valence-electron chi connectivity index (χ3n) is 4.48. The van der Waals surface area contributed by atoms with Gasteiger partial charge in [0.15, 0.2) is 0 Å². The van der Waals surface area contributed by atoms with Gasteiger partial charge in [-0.2, -0.15) is 5.26 Å². The second-order valence-electron chi connectivity index (χ2n) is 5.64. The van der Waals surface area contributed by atoms with E-state index < -0.39 is 11.5 Å². The molecule has 2 unspecified atom stereocenters. The SMILES string of the molecule is Cc1cc(Cl)ccc1C(O)C1(C#N)CCc2ccccc21. The van der Waals surface area contributed by atoms with Crippen LogP contribution in [0, 0.1) is 18.3 Å². The van der Waals surface area contributed by atoms with E-state index in [0.717, 1.165) is 28.7 Å². The molecular formula is C18H16ClNO. The van der Waals surface area contributed by atoms with Crippen LogP contribution in [0.3, 0.4) is 0 Å². The van der Waals surface area contributed by atoms with Gasteiger partial charge in [-0.1, -0.05) is 41.9 Å². The first-order valence-electron chi connectivity index (χ1n) is 7.02. The Labute approximate surface area is 129 Å². The van der Waals surface area contributed by atoms with Gasteiger partial charge < -0.3 is 5.11 Å². The van der Waals surface area contributed by atoms with E-state index in [4.69, 9.17) is 11.6 Å². The summed E-state index contributed by atoms with van der Waals surface area (Å²) in [5, 5.41) is 21.4. The van der Waals surface area contributed by atoms with Crippen molar-refractivity contribution in [2.75, 3.05) is 0 Å². The van der Waals surface area contributed by atoms with E-state index in [1.165, 1.54) is 0 Å². The molecule has 0 aliphatic heterocycles. The van der Waals surface area contributed by atoms with Crippen LogP contribution in [-0.4, -0.2) is 5.11 Å². The Bertz CT molecular complexity index is 734. The van der Waals surface area contributed by atoms with Crippen molar-refractivity contribution in [3.05, 3.63) is 69.7 Å². The highest BCUT2D eigenvalue weighted by Gasteiger charge is 2.46. The highest BCUT2D eigenvalue weighted by molar-refractivity contribution is 6.30. The van der Waals surface area contributed by atoms with Crippen LogP contribution in [0.25, 0.3) is 0 Å². The van der Waals surface area contributed by atoms with Crippen molar-refractivity contribution >= 4 is 11.6 Å². The zero-order chi connectivity index (χ0) is 15.0. The molecule has 2 aromatic rings. The molecule has 21 heavy (non-hydrogen) atoms. The molecule has 106 valence electrons. The Morgan fingerprint density at radius 1 is 1.29 bits per heavy atom. The van der Waals surface area contributed by atoms with Crippen LogP contribution in [0.4, 0.5) is 0 Å². The number of hydrogen-bond acceptors (Lipinski definition) is 2. The molecule has 0 aromatic heterocycles. The lowest BCUT2D eigenvalue weighted by molar-refractivity contribution is 0.110. The quantitative estimate of drug-likeness (QED) is 0.907. The largest absolute Gasteiger partial charge is 0.386 e. The topological polar surface area (TPSA) is 44.0 Å². The lowest BCUT2D eigenvalue weighted by atomic mass is 9.74. The maximum Gasteiger partial charge on any atom is 0.113 e. The summed E-state index contributed by atoms with van der Waals surface area (Å²) < 4.78 is 0. The second kappa shape index (κ2) is 5.18. The maximum absolute atomic E-state index is 10.9. The summed E-state index contributed by atoms with van der Waals surface area (Å²) in [5.41, 5.74) is 2.93. The van der Waals surface area contributed by atoms with Crippen LogP contribution >= 0.6 is 11.6 Å². The number of fused-ring (bicyclic) bond motifs is 1. The first-order valence-corrected chi connectivity index (χ1v) is 7.40. The van der Waals surface area contributed by atoms with Crippen molar-refractivity contribution in [2.24, 2.45) is 0 Å². The monoisotopic (exact) mass is 297 g/mol. The molecule has 0 spiro atoms. The molecular weight excluding hydrogens is 282 g/mol. The zero-order valence-corrected chi connectivity index (χ0v) is 12.6. The zero-order valence-electron chi connectivity index (χ0n) is 11.8. The average Bonchev–Trinajstić information content (AvgIpc) is 2.87. The summed E-state index contributed by atoms with van der Waals surface area (Å²) in [6.07, 6.45) is 0.628. The summed E-state index contributed by atoms with van der Waals surface area (Å²) in [6.45, 7) is 1.91. The number of aryl methyl sites for hydroxylation is 2. The standard InChI is InChI=1S/C18H16ClNO/c1-12-10-14(19)6-7-15(12)17(21)18(11-20)9-8-13-4-2-3-5-16(13)18/h2-7,10,17,21H,8-9H2,1H3. The van der Waals surface area contributed by atoms with Crippen LogP contribution < -0.4 is 0 Å². The van der Waals surface area contributed by atoms with Crippen molar-refractivity contribution in [1.82, 2.24) is 0 Å². The number of halogens is 1. The van der Waals surface area contributed by atoms with Gasteiger partial charge in [-0.15, -0.1) is 0 Å². The lowest BCUT2D eigenvalue weighted by Gasteiger charge is -2.29. The predicted molar refractivity (Wildman–Crippen MR) is 83.2 cm³/mol. The Hall–Kier alpha value is -1.82. The van der Waals surface area contributed by atoms with Gasteiger partial charge in [0.1, 0.15) is 11.5 Å². The van der Waals surface area contributed by atoms with E-state index in [1.54, 1.807) is 6.07 Å². The summed E-state index contributed by atoms with van der Waals surface area (Å²) in [5.74, 6) is 0. The van der Waals surface area contributed by atoms with Crippen LogP contribution in [0.1, 0.15) is 34.8 Å². The van der Waals surface area contributed by atoms with Gasteiger partial charge in [-0.25, -0.2) is 0 Å². The van der Waals surface area contributed by atoms with E-state index in [-0.39, 0.29) is 0 Å². The van der Waals surface area contributed by atoms with E-state index >= 15 is 0 Å². The van der Waals surface area contributed by atoms with Crippen molar-refractivity contribution in [1.29, 1.82) is 5.26 Å². The molecule has 1 aliphatic rings. The molecule has 1 aliphatic carbocycles. The molecule has 0 amide bonds. The molecule has 0 radical (unpaired) electrons. The number of benzene rings is 2. The summed E-state index contributed by atoms with van der Waals surface area (Å²) in [7, 11) is 0. The third-order valence-corrected chi connectivity index (χ3v) is 4.71. The predicted octanol–water partition coefficient (Wildman–Crippen LogP) is 4.09. The minimum Gasteiger partial charge on any atom is -0.386 e. The molecule has 2 atom stereocenters. The maximum atomic E-state index is 10.9. The summed E-state index contributed by atoms with van der Waals surface area (Å²) in [6, 6.07) is 15.7. The van der Waals surface area contributed by atoms with Crippen molar-refractivity contribution in [2.45, 2.75) is 31.3 Å². The first kappa shape index (κ1) is 14.1. The summed E-state index contributed by atoms with van der Waals surface area (Å²) >= 11 is 5.98. The lowest BCUT2D eigenvalue weighted by Crippen LogP contribution is -2.30. The normalized spacial score (nSPS) is 21.6. The van der Waals surface area contributed by atoms with Gasteiger partial charge in [0.2, 0.25) is 0 Å². The number of rotatable bonds is 2. The smallest absolute Gasteiger partial charge is 0.113 e. The van der Waals surface area contributed by atoms with Crippen LogP contribution in [0.15, 0.2) is 42.5 Å². The highest BCUT2D eigenvalue weighted by Crippen LogP contribution is 2.47. The van der Waals surface area contributed by atoms with Gasteiger partial charge >= 0.3 is 0 Å². The first-order chi connectivity index (χ1) is 10.1. The summed E-state index contributed by atoms with van der Waals surface area (Å²) in [4.78, 5) is 0. The molecule has 2 aromatic carbocycles. The number of aliphatic hydroxyl groups excluding tert-OH is 1. The number of hydrogen-bond donors (Lipinski definition) is 1. The molecule has 3 heteroatoms. The van der Waals surface area contributed by atoms with Crippen LogP contribution in [0.5, 0.6) is 0 Å². The Balaban J connectivity index is 2.11. The molecule has 0 saturated heterocycles. The van der Waals surface area contributed by atoms with Crippen LogP contribution in [-0.2, 0) is 11.8 Å². The van der Waals surface area contributed by atoms with E-state index in [1.807, 2.05) is 43.3 Å². The minimum atomic E-state index is -0.866. The minimum absolute atomic E-state index is 0.640. The molecule has 2 nitrogen and oxygen atoms in total. The van der Waals surface area contributed by atoms with Gasteiger partial charge in [0.25, 0.3) is 0 Å². The molecule has 0 bridgehead atoms. The van der Waals surface area contributed by atoms with Gasteiger partial charge in [-0.3, -0.25) is 0 Å². The fraction of sp³-hybridized carbons (Fsp3) is 0.278. The molecule has 3 rings (SSSR count). The van der Waals surface area contributed by atoms with E-state index in [9.17, 15) is 10.4 Å². The fourth-order valence-corrected chi connectivity index (χ4v) is 3.54. The Morgan fingerprint density at radius 3 is 2.76 bits per heavy atom. The highest BCUT2D eigenvalue weighted by atomic mass is 35.5. The third kappa shape index (κ3) is 2.14. The molecule has 0 saturated carbocycles. The Morgan fingerprint density at radius 2 is 2.05 bits per heavy atom. The molecule has 0 fully saturated rings. The van der Waals surface area contributed by atoms with Gasteiger partial charge in [-0.05, 0) is 54.2 Å². The number of nitriles is 1. The average molecular weight is 298 g/mol.